The zero-order valence-corrected chi connectivity index (χ0v) is 20.2. The summed E-state index contributed by atoms with van der Waals surface area (Å²) in [6.07, 6.45) is 0.349. The van der Waals surface area contributed by atoms with E-state index in [0.29, 0.717) is 13.0 Å². The van der Waals surface area contributed by atoms with E-state index in [-0.39, 0.29) is 30.5 Å². The van der Waals surface area contributed by atoms with E-state index in [0.717, 1.165) is 0 Å². The average molecular weight is 505 g/mol. The van der Waals surface area contributed by atoms with Gasteiger partial charge in [-0.2, -0.15) is 12.6 Å². The molecule has 34 heavy (non-hydrogen) atoms. The molecule has 0 radical (unpaired) electrons. The fourth-order valence-electron chi connectivity index (χ4n) is 2.77. The maximum atomic E-state index is 12.8. The highest BCUT2D eigenvalue weighted by molar-refractivity contribution is 7.80. The molecule has 0 aromatic heterocycles. The van der Waals surface area contributed by atoms with Crippen molar-refractivity contribution in [3.63, 3.8) is 0 Å². The van der Waals surface area contributed by atoms with Gasteiger partial charge in [-0.05, 0) is 25.2 Å². The molecule has 14 nitrogen and oxygen atoms in total. The van der Waals surface area contributed by atoms with Crippen molar-refractivity contribution >= 4 is 48.2 Å². The first-order chi connectivity index (χ1) is 15.8. The third-order valence-corrected chi connectivity index (χ3v) is 4.85. The molecule has 0 aliphatic carbocycles. The molecule has 12 N–H and O–H groups in total. The number of hydrogen-bond acceptors (Lipinski definition) is 8. The van der Waals surface area contributed by atoms with E-state index in [1.54, 1.807) is 0 Å². The quantitative estimate of drug-likeness (QED) is 0.0442. The van der Waals surface area contributed by atoms with Gasteiger partial charge in [-0.25, -0.2) is 4.79 Å². The maximum Gasteiger partial charge on any atom is 0.326 e. The second kappa shape index (κ2) is 15.7. The Morgan fingerprint density at radius 1 is 0.912 bits per heavy atom. The number of carbonyl (C=O) groups is 5. The summed E-state index contributed by atoms with van der Waals surface area (Å²) in [6, 6.07) is -4.71. The number of primary amides is 1. The molecular weight excluding hydrogens is 468 g/mol. The minimum atomic E-state index is -1.56. The molecule has 4 unspecified atom stereocenters. The number of guanidine groups is 1. The largest absolute Gasteiger partial charge is 0.480 e. The van der Waals surface area contributed by atoms with Crippen LogP contribution in [0.25, 0.3) is 0 Å². The minimum Gasteiger partial charge on any atom is -0.480 e. The van der Waals surface area contributed by atoms with Gasteiger partial charge in [-0.15, -0.1) is 0 Å². The Morgan fingerprint density at radius 3 is 1.91 bits per heavy atom. The number of carboxylic acids is 1. The molecule has 194 valence electrons. The summed E-state index contributed by atoms with van der Waals surface area (Å²) < 4.78 is 0. The van der Waals surface area contributed by atoms with Gasteiger partial charge in [0, 0.05) is 12.3 Å². The zero-order valence-electron chi connectivity index (χ0n) is 19.3. The van der Waals surface area contributed by atoms with Crippen molar-refractivity contribution in [3.05, 3.63) is 0 Å². The number of carboxylic acid groups (broad SMARTS) is 1. The van der Waals surface area contributed by atoms with Gasteiger partial charge in [0.2, 0.25) is 23.6 Å². The lowest BCUT2D eigenvalue weighted by molar-refractivity contribution is -0.143. The fraction of sp³-hybridized carbons (Fsp3) is 0.684. The second-order valence-electron chi connectivity index (χ2n) is 8.06. The predicted molar refractivity (Wildman–Crippen MR) is 128 cm³/mol. The summed E-state index contributed by atoms with van der Waals surface area (Å²) in [4.78, 5) is 63.8. The summed E-state index contributed by atoms with van der Waals surface area (Å²) in [7, 11) is 0. The van der Waals surface area contributed by atoms with Gasteiger partial charge in [-0.3, -0.25) is 24.2 Å². The molecule has 4 amide bonds. The van der Waals surface area contributed by atoms with E-state index in [1.807, 2.05) is 13.8 Å². The van der Waals surface area contributed by atoms with Crippen LogP contribution in [0.15, 0.2) is 4.99 Å². The first kappa shape index (κ1) is 30.9. The Hall–Kier alpha value is -3.07. The highest BCUT2D eigenvalue weighted by Gasteiger charge is 2.30. The number of carbonyl (C=O) groups excluding carboxylic acids is 4. The number of nitrogens with zero attached hydrogens (tertiary/aromatic N) is 1. The van der Waals surface area contributed by atoms with Crippen molar-refractivity contribution in [2.45, 2.75) is 63.7 Å². The Balaban J connectivity index is 5.17. The summed E-state index contributed by atoms with van der Waals surface area (Å²) in [6.45, 7) is 3.97. The van der Waals surface area contributed by atoms with Crippen molar-refractivity contribution < 1.29 is 29.1 Å². The molecule has 0 spiro atoms. The zero-order chi connectivity index (χ0) is 26.4. The average Bonchev–Trinajstić information content (AvgIpc) is 2.72. The molecule has 0 bridgehead atoms. The van der Waals surface area contributed by atoms with Crippen molar-refractivity contribution in [2.24, 2.45) is 33.8 Å². The summed E-state index contributed by atoms with van der Waals surface area (Å²) in [5.74, 6) is -4.74. The van der Waals surface area contributed by atoms with Crippen LogP contribution in [0.1, 0.15) is 39.5 Å². The smallest absolute Gasteiger partial charge is 0.326 e. The Kier molecular flexibility index (Phi) is 14.3. The van der Waals surface area contributed by atoms with Crippen LogP contribution < -0.4 is 38.9 Å². The lowest BCUT2D eigenvalue weighted by Gasteiger charge is -2.25. The molecule has 0 aromatic carbocycles. The molecule has 4 atom stereocenters. The summed E-state index contributed by atoms with van der Waals surface area (Å²) in [5, 5.41) is 16.3. The van der Waals surface area contributed by atoms with Crippen LogP contribution in [-0.4, -0.2) is 77.1 Å². The van der Waals surface area contributed by atoms with Crippen molar-refractivity contribution in [1.82, 2.24) is 16.0 Å². The highest BCUT2D eigenvalue weighted by atomic mass is 32.1. The molecule has 0 fully saturated rings. The van der Waals surface area contributed by atoms with Crippen molar-refractivity contribution in [3.8, 4) is 0 Å². The highest BCUT2D eigenvalue weighted by Crippen LogP contribution is 2.07. The van der Waals surface area contributed by atoms with E-state index < -0.39 is 60.2 Å². The number of rotatable bonds is 16. The van der Waals surface area contributed by atoms with Crippen LogP contribution in [0.3, 0.4) is 0 Å². The van der Waals surface area contributed by atoms with Crippen LogP contribution in [0.5, 0.6) is 0 Å². The number of thiol groups is 1. The molecule has 15 heteroatoms. The first-order valence-corrected chi connectivity index (χ1v) is 11.3. The Morgan fingerprint density at radius 2 is 1.44 bits per heavy atom. The minimum absolute atomic E-state index is 0.00405. The maximum absolute atomic E-state index is 12.8. The normalized spacial score (nSPS) is 14.3. The van der Waals surface area contributed by atoms with Crippen LogP contribution in [0, 0.1) is 5.92 Å². The number of amides is 4. The lowest BCUT2D eigenvalue weighted by Crippen LogP contribution is -2.58. The molecule has 0 aliphatic rings. The van der Waals surface area contributed by atoms with Crippen LogP contribution in [0.4, 0.5) is 0 Å². The topological polar surface area (TPSA) is 258 Å². The lowest BCUT2D eigenvalue weighted by atomic mass is 10.0. The fourth-order valence-corrected chi connectivity index (χ4v) is 3.03. The Labute approximate surface area is 203 Å². The van der Waals surface area contributed by atoms with Gasteiger partial charge in [0.25, 0.3) is 0 Å². The van der Waals surface area contributed by atoms with Crippen LogP contribution in [0.2, 0.25) is 0 Å². The van der Waals surface area contributed by atoms with E-state index >= 15 is 0 Å². The van der Waals surface area contributed by atoms with Crippen LogP contribution >= 0.6 is 12.6 Å². The second-order valence-corrected chi connectivity index (χ2v) is 8.42. The molecule has 0 rings (SSSR count). The molecule has 0 saturated carbocycles. The standard InChI is InChI=1S/C19H36N8O6S/c1-9(2)6-11(25-15(29)10(20)4-3-5-24-19(22)23)16(30)27-13(8-34)17(31)26-12(18(32)33)7-14(21)28/h9-13,34H,3-8,20H2,1-2H3,(H2,21,28)(H,25,29)(H,26,31)(H,27,30)(H,32,33)(H4,22,23,24). The third kappa shape index (κ3) is 12.8. The van der Waals surface area contributed by atoms with Crippen molar-refractivity contribution in [2.75, 3.05) is 12.3 Å². The van der Waals surface area contributed by atoms with E-state index in [9.17, 15) is 24.0 Å². The van der Waals surface area contributed by atoms with Gasteiger partial charge < -0.3 is 44.0 Å². The van der Waals surface area contributed by atoms with Gasteiger partial charge >= 0.3 is 5.97 Å². The van der Waals surface area contributed by atoms with E-state index in [2.05, 4.69) is 33.6 Å². The molecule has 0 aromatic rings. The third-order valence-electron chi connectivity index (χ3n) is 4.48. The summed E-state index contributed by atoms with van der Waals surface area (Å²) >= 11 is 4.03. The monoisotopic (exact) mass is 504 g/mol. The number of nitrogens with two attached hydrogens (primary N) is 4. The van der Waals surface area contributed by atoms with E-state index in [1.165, 1.54) is 0 Å². The SMILES string of the molecule is CC(C)CC(NC(=O)C(N)CCCN=C(N)N)C(=O)NC(CS)C(=O)NC(CC(N)=O)C(=O)O. The van der Waals surface area contributed by atoms with Gasteiger partial charge in [0.1, 0.15) is 18.1 Å². The number of nitrogens with one attached hydrogen (secondary N) is 3. The number of hydrogen-bond donors (Lipinski definition) is 9. The van der Waals surface area contributed by atoms with E-state index in [4.69, 9.17) is 28.0 Å². The van der Waals surface area contributed by atoms with Gasteiger partial charge in [0.05, 0.1) is 12.5 Å². The van der Waals surface area contributed by atoms with Crippen molar-refractivity contribution in [1.29, 1.82) is 0 Å². The van der Waals surface area contributed by atoms with Gasteiger partial charge in [-0.1, -0.05) is 13.8 Å². The molecule has 0 saturated heterocycles. The Bertz CT molecular complexity index is 759. The molecular formula is C19H36N8O6S. The molecule has 0 aliphatic heterocycles. The van der Waals surface area contributed by atoms with Gasteiger partial charge in [0.15, 0.2) is 5.96 Å². The first-order valence-electron chi connectivity index (χ1n) is 10.6. The summed E-state index contributed by atoms with van der Waals surface area (Å²) in [5.41, 5.74) is 21.4. The number of aliphatic imine (C=N–C) groups is 1. The molecule has 0 heterocycles. The van der Waals surface area contributed by atoms with Crippen LogP contribution in [-0.2, 0) is 24.0 Å². The predicted octanol–water partition coefficient (Wildman–Crippen LogP) is -3.24. The number of aliphatic carboxylic acids is 1.